The lowest BCUT2D eigenvalue weighted by Crippen LogP contribution is -2.19. The third kappa shape index (κ3) is 1.56. The second-order valence-electron chi connectivity index (χ2n) is 6.21. The van der Waals surface area contributed by atoms with Crippen molar-refractivity contribution in [2.75, 3.05) is 0 Å². The fourth-order valence-corrected chi connectivity index (χ4v) is 3.85. The van der Waals surface area contributed by atoms with Gasteiger partial charge in [0, 0.05) is 15.2 Å². The molecular formula is C17H16N2S. The molecule has 0 aliphatic carbocycles. The molecule has 3 aromatic rings. The normalized spacial score (nSPS) is 13.6. The van der Waals surface area contributed by atoms with Gasteiger partial charge in [0.2, 0.25) is 0 Å². The predicted molar refractivity (Wildman–Crippen MR) is 83.9 cm³/mol. The summed E-state index contributed by atoms with van der Waals surface area (Å²) in [5.41, 5.74) is 3.62. The smallest absolute Gasteiger partial charge is 0.119 e. The van der Waals surface area contributed by atoms with Crippen LogP contribution in [-0.2, 0) is 5.41 Å². The Morgan fingerprint density at radius 1 is 0.950 bits per heavy atom. The molecule has 0 spiro atoms. The summed E-state index contributed by atoms with van der Waals surface area (Å²) in [6, 6.07) is 15.0. The molecule has 2 aromatic carbocycles. The quantitative estimate of drug-likeness (QED) is 0.461. The number of fused-ring (bicyclic) bond motifs is 2. The van der Waals surface area contributed by atoms with Crippen molar-refractivity contribution in [3.05, 3.63) is 48.3 Å². The molecule has 0 atom stereocenters. The largest absolute Gasteiger partial charge is 0.294 e. The average molecular weight is 280 g/mol. The van der Waals surface area contributed by atoms with Gasteiger partial charge in [-0.1, -0.05) is 50.7 Å². The second-order valence-corrected chi connectivity index (χ2v) is 7.30. The number of imidazole rings is 1. The van der Waals surface area contributed by atoms with Crippen molar-refractivity contribution in [3.63, 3.8) is 0 Å². The maximum Gasteiger partial charge on any atom is 0.119 e. The molecule has 1 aliphatic heterocycles. The Labute approximate surface area is 122 Å². The van der Waals surface area contributed by atoms with Crippen LogP contribution in [0.1, 0.15) is 26.6 Å². The van der Waals surface area contributed by atoms with E-state index in [1.54, 1.807) is 0 Å². The highest BCUT2D eigenvalue weighted by Gasteiger charge is 2.28. The summed E-state index contributed by atoms with van der Waals surface area (Å²) in [6.45, 7) is 6.67. The van der Waals surface area contributed by atoms with E-state index in [0.717, 1.165) is 11.3 Å². The van der Waals surface area contributed by atoms with Crippen LogP contribution >= 0.6 is 11.8 Å². The first-order valence-corrected chi connectivity index (χ1v) is 7.66. The number of benzene rings is 2. The molecule has 4 rings (SSSR count). The summed E-state index contributed by atoms with van der Waals surface area (Å²) in [7, 11) is 0. The highest BCUT2D eigenvalue weighted by Crippen LogP contribution is 2.44. The lowest BCUT2D eigenvalue weighted by Gasteiger charge is -2.24. The zero-order valence-corrected chi connectivity index (χ0v) is 12.7. The van der Waals surface area contributed by atoms with E-state index >= 15 is 0 Å². The van der Waals surface area contributed by atoms with E-state index < -0.39 is 0 Å². The zero-order valence-electron chi connectivity index (χ0n) is 11.8. The van der Waals surface area contributed by atoms with Crippen molar-refractivity contribution >= 4 is 22.8 Å². The van der Waals surface area contributed by atoms with E-state index in [0.29, 0.717) is 0 Å². The van der Waals surface area contributed by atoms with Crippen molar-refractivity contribution in [2.45, 2.75) is 36.0 Å². The number of para-hydroxylation sites is 2. The Hall–Kier alpha value is -1.74. The Kier molecular flexibility index (Phi) is 2.34. The molecule has 0 saturated carbocycles. The van der Waals surface area contributed by atoms with Gasteiger partial charge in [-0.15, -0.1) is 0 Å². The maximum absolute atomic E-state index is 4.90. The highest BCUT2D eigenvalue weighted by atomic mass is 32.2. The Morgan fingerprint density at radius 3 is 2.50 bits per heavy atom. The first-order valence-electron chi connectivity index (χ1n) is 6.85. The van der Waals surface area contributed by atoms with Gasteiger partial charge in [0.05, 0.1) is 16.7 Å². The van der Waals surface area contributed by atoms with Crippen LogP contribution in [0.4, 0.5) is 0 Å². The van der Waals surface area contributed by atoms with Gasteiger partial charge >= 0.3 is 0 Å². The average Bonchev–Trinajstić information content (AvgIpc) is 2.81. The molecular weight excluding hydrogens is 264 g/mol. The standard InChI is InChI=1S/C17H16N2S/c1-17(2,3)16-18-11-7-6-10-14-15(11)19(16)12-8-4-5-9-13(12)20-14/h4-10H,1-3H3. The Morgan fingerprint density at radius 2 is 1.70 bits per heavy atom. The molecule has 2 heterocycles. The molecule has 0 bridgehead atoms. The third-order valence-electron chi connectivity index (χ3n) is 3.64. The number of aromatic nitrogens is 2. The summed E-state index contributed by atoms with van der Waals surface area (Å²) in [4.78, 5) is 7.50. The molecule has 0 fully saturated rings. The molecule has 20 heavy (non-hydrogen) atoms. The van der Waals surface area contributed by atoms with E-state index in [1.807, 2.05) is 11.8 Å². The molecule has 2 nitrogen and oxygen atoms in total. The van der Waals surface area contributed by atoms with Gasteiger partial charge in [0.15, 0.2) is 0 Å². The number of rotatable bonds is 0. The fourth-order valence-electron chi connectivity index (χ4n) is 2.76. The molecule has 0 unspecified atom stereocenters. The molecule has 3 heteroatoms. The molecule has 0 N–H and O–H groups in total. The van der Waals surface area contributed by atoms with Crippen LogP contribution in [0.5, 0.6) is 0 Å². The predicted octanol–water partition coefficient (Wildman–Crippen LogP) is 4.79. The minimum Gasteiger partial charge on any atom is -0.294 e. The molecule has 0 amide bonds. The van der Waals surface area contributed by atoms with E-state index in [1.165, 1.54) is 21.0 Å². The van der Waals surface area contributed by atoms with Gasteiger partial charge < -0.3 is 0 Å². The lowest BCUT2D eigenvalue weighted by molar-refractivity contribution is 0.537. The van der Waals surface area contributed by atoms with Gasteiger partial charge in [-0.25, -0.2) is 4.98 Å². The first kappa shape index (κ1) is 12.0. The van der Waals surface area contributed by atoms with Crippen LogP contribution in [0.2, 0.25) is 0 Å². The zero-order chi connectivity index (χ0) is 13.9. The molecule has 1 aromatic heterocycles. The minimum absolute atomic E-state index is 0.0193. The van der Waals surface area contributed by atoms with Gasteiger partial charge in [0.25, 0.3) is 0 Å². The number of hydrogen-bond donors (Lipinski definition) is 0. The summed E-state index contributed by atoms with van der Waals surface area (Å²) in [5.74, 6) is 1.13. The van der Waals surface area contributed by atoms with Crippen LogP contribution in [0, 0.1) is 0 Å². The van der Waals surface area contributed by atoms with Crippen LogP contribution < -0.4 is 0 Å². The van der Waals surface area contributed by atoms with E-state index in [4.69, 9.17) is 4.98 Å². The monoisotopic (exact) mass is 280 g/mol. The lowest BCUT2D eigenvalue weighted by atomic mass is 9.95. The second kappa shape index (κ2) is 3.89. The molecule has 1 aliphatic rings. The SMILES string of the molecule is CC(C)(C)c1nc2cccc3c2n1-c1ccccc1S3. The van der Waals surface area contributed by atoms with Crippen LogP contribution in [0.25, 0.3) is 16.7 Å². The van der Waals surface area contributed by atoms with E-state index in [2.05, 4.69) is 67.8 Å². The van der Waals surface area contributed by atoms with Crippen LogP contribution in [0.3, 0.4) is 0 Å². The van der Waals surface area contributed by atoms with Crippen molar-refractivity contribution < 1.29 is 0 Å². The van der Waals surface area contributed by atoms with E-state index in [-0.39, 0.29) is 5.41 Å². The maximum atomic E-state index is 4.90. The summed E-state index contributed by atoms with van der Waals surface area (Å²) in [6.07, 6.45) is 0. The van der Waals surface area contributed by atoms with Crippen molar-refractivity contribution in [1.82, 2.24) is 9.55 Å². The van der Waals surface area contributed by atoms with Crippen molar-refractivity contribution in [3.8, 4) is 5.69 Å². The minimum atomic E-state index is 0.0193. The van der Waals surface area contributed by atoms with Gasteiger partial charge in [0.1, 0.15) is 5.82 Å². The van der Waals surface area contributed by atoms with Gasteiger partial charge in [-0.2, -0.15) is 0 Å². The van der Waals surface area contributed by atoms with Crippen molar-refractivity contribution in [2.24, 2.45) is 0 Å². The fraction of sp³-hybridized carbons (Fsp3) is 0.235. The summed E-state index contributed by atoms with van der Waals surface area (Å²) < 4.78 is 2.34. The summed E-state index contributed by atoms with van der Waals surface area (Å²) in [5, 5.41) is 0. The van der Waals surface area contributed by atoms with Crippen molar-refractivity contribution in [1.29, 1.82) is 0 Å². The van der Waals surface area contributed by atoms with Gasteiger partial charge in [-0.05, 0) is 24.3 Å². The van der Waals surface area contributed by atoms with Crippen LogP contribution in [0.15, 0.2) is 52.3 Å². The Bertz CT molecular complexity index is 825. The number of nitrogens with zero attached hydrogens (tertiary/aromatic N) is 2. The summed E-state index contributed by atoms with van der Waals surface area (Å²) >= 11 is 1.84. The highest BCUT2D eigenvalue weighted by molar-refractivity contribution is 7.99. The van der Waals surface area contributed by atoms with Crippen LogP contribution in [-0.4, -0.2) is 9.55 Å². The Balaban J connectivity index is 2.19. The van der Waals surface area contributed by atoms with E-state index in [9.17, 15) is 0 Å². The number of hydrogen-bond acceptors (Lipinski definition) is 2. The topological polar surface area (TPSA) is 17.8 Å². The first-order chi connectivity index (χ1) is 9.55. The molecule has 100 valence electrons. The molecule has 0 radical (unpaired) electrons. The molecule has 0 saturated heterocycles. The van der Waals surface area contributed by atoms with Gasteiger partial charge in [-0.3, -0.25) is 4.57 Å². The third-order valence-corrected chi connectivity index (χ3v) is 4.75.